The predicted octanol–water partition coefficient (Wildman–Crippen LogP) is 2.76. The fourth-order valence-electron chi connectivity index (χ4n) is 2.22. The summed E-state index contributed by atoms with van der Waals surface area (Å²) in [4.78, 5) is 0. The molecule has 0 saturated carbocycles. The van der Waals surface area contributed by atoms with Crippen LogP contribution in [0.3, 0.4) is 0 Å². The van der Waals surface area contributed by atoms with E-state index in [0.717, 1.165) is 18.2 Å². The van der Waals surface area contributed by atoms with Gasteiger partial charge in [0.2, 0.25) is 0 Å². The Balaban J connectivity index is 2.15. The molecule has 2 atom stereocenters. The SMILES string of the molecule is COc1ccccc1[C@@H]1CC[C@@H](C)CN1. The largest absolute Gasteiger partial charge is 0.496 e. The second-order valence-electron chi connectivity index (χ2n) is 4.39. The highest BCUT2D eigenvalue weighted by Crippen LogP contribution is 2.31. The number of nitrogens with one attached hydrogen (secondary N) is 1. The van der Waals surface area contributed by atoms with Crippen molar-refractivity contribution in [2.24, 2.45) is 5.92 Å². The molecule has 0 aromatic heterocycles. The first kappa shape index (κ1) is 10.5. The standard InChI is InChI=1S/C13H19NO/c1-10-7-8-12(14-9-10)11-5-3-4-6-13(11)15-2/h3-6,10,12,14H,7-9H2,1-2H3/t10-,12+/m1/s1. The molecule has 0 bridgehead atoms. The summed E-state index contributed by atoms with van der Waals surface area (Å²) in [5.74, 6) is 1.81. The van der Waals surface area contributed by atoms with Gasteiger partial charge in [-0.2, -0.15) is 0 Å². The van der Waals surface area contributed by atoms with Crippen molar-refractivity contribution >= 4 is 0 Å². The first-order chi connectivity index (χ1) is 7.31. The molecule has 2 rings (SSSR count). The van der Waals surface area contributed by atoms with Crippen LogP contribution in [-0.4, -0.2) is 13.7 Å². The number of methoxy groups -OCH3 is 1. The molecule has 1 N–H and O–H groups in total. The molecule has 15 heavy (non-hydrogen) atoms. The van der Waals surface area contributed by atoms with Crippen molar-refractivity contribution in [3.63, 3.8) is 0 Å². The molecule has 1 aliphatic rings. The van der Waals surface area contributed by atoms with Gasteiger partial charge in [-0.1, -0.05) is 25.1 Å². The molecule has 82 valence electrons. The monoisotopic (exact) mass is 205 g/mol. The van der Waals surface area contributed by atoms with Gasteiger partial charge in [0.05, 0.1) is 7.11 Å². The van der Waals surface area contributed by atoms with Gasteiger partial charge < -0.3 is 10.1 Å². The molecule has 1 aliphatic heterocycles. The van der Waals surface area contributed by atoms with E-state index >= 15 is 0 Å². The van der Waals surface area contributed by atoms with E-state index in [1.807, 2.05) is 12.1 Å². The molecule has 0 spiro atoms. The molecular formula is C13H19NO. The smallest absolute Gasteiger partial charge is 0.123 e. The molecule has 1 aromatic carbocycles. The number of ether oxygens (including phenoxy) is 1. The topological polar surface area (TPSA) is 21.3 Å². The van der Waals surface area contributed by atoms with Gasteiger partial charge in [-0.25, -0.2) is 0 Å². The summed E-state index contributed by atoms with van der Waals surface area (Å²) in [5.41, 5.74) is 1.30. The summed E-state index contributed by atoms with van der Waals surface area (Å²) >= 11 is 0. The molecule has 2 nitrogen and oxygen atoms in total. The van der Waals surface area contributed by atoms with Crippen LogP contribution in [0.1, 0.15) is 31.4 Å². The second-order valence-corrected chi connectivity index (χ2v) is 4.39. The first-order valence-electron chi connectivity index (χ1n) is 5.67. The lowest BCUT2D eigenvalue weighted by molar-refractivity contribution is 0.322. The van der Waals surface area contributed by atoms with Gasteiger partial charge >= 0.3 is 0 Å². The van der Waals surface area contributed by atoms with E-state index in [-0.39, 0.29) is 0 Å². The van der Waals surface area contributed by atoms with Crippen molar-refractivity contribution in [2.45, 2.75) is 25.8 Å². The van der Waals surface area contributed by atoms with Crippen molar-refractivity contribution in [3.8, 4) is 5.75 Å². The van der Waals surface area contributed by atoms with Crippen molar-refractivity contribution in [3.05, 3.63) is 29.8 Å². The van der Waals surface area contributed by atoms with Crippen molar-refractivity contribution in [1.82, 2.24) is 5.32 Å². The summed E-state index contributed by atoms with van der Waals surface area (Å²) in [6, 6.07) is 8.77. The van der Waals surface area contributed by atoms with Gasteiger partial charge in [-0.05, 0) is 31.4 Å². The average Bonchev–Trinajstić information content (AvgIpc) is 2.30. The number of hydrogen-bond acceptors (Lipinski definition) is 2. The van der Waals surface area contributed by atoms with Gasteiger partial charge in [0.1, 0.15) is 5.75 Å². The van der Waals surface area contributed by atoms with Crippen LogP contribution in [0.5, 0.6) is 5.75 Å². The van der Waals surface area contributed by atoms with Crippen LogP contribution in [0.25, 0.3) is 0 Å². The maximum Gasteiger partial charge on any atom is 0.123 e. The van der Waals surface area contributed by atoms with Gasteiger partial charge in [0.15, 0.2) is 0 Å². The average molecular weight is 205 g/mol. The Morgan fingerprint density at radius 2 is 2.07 bits per heavy atom. The Morgan fingerprint density at radius 1 is 1.27 bits per heavy atom. The quantitative estimate of drug-likeness (QED) is 0.801. The molecular weight excluding hydrogens is 186 g/mol. The predicted molar refractivity (Wildman–Crippen MR) is 62.1 cm³/mol. The first-order valence-corrected chi connectivity index (χ1v) is 5.67. The molecule has 0 aliphatic carbocycles. The Morgan fingerprint density at radius 3 is 2.73 bits per heavy atom. The molecule has 0 radical (unpaired) electrons. The Bertz CT molecular complexity index is 316. The van der Waals surface area contributed by atoms with E-state index in [1.165, 1.54) is 18.4 Å². The van der Waals surface area contributed by atoms with E-state index in [4.69, 9.17) is 4.74 Å². The summed E-state index contributed by atoms with van der Waals surface area (Å²) < 4.78 is 5.39. The van der Waals surface area contributed by atoms with Crippen LogP contribution in [0.15, 0.2) is 24.3 Å². The lowest BCUT2D eigenvalue weighted by Crippen LogP contribution is -2.32. The van der Waals surface area contributed by atoms with E-state index in [0.29, 0.717) is 6.04 Å². The molecule has 1 aromatic rings. The maximum absolute atomic E-state index is 5.39. The second kappa shape index (κ2) is 4.67. The molecule has 1 heterocycles. The zero-order valence-electron chi connectivity index (χ0n) is 9.49. The fourth-order valence-corrected chi connectivity index (χ4v) is 2.22. The van der Waals surface area contributed by atoms with Gasteiger partial charge in [-0.15, -0.1) is 0 Å². The van der Waals surface area contributed by atoms with Crippen molar-refractivity contribution in [2.75, 3.05) is 13.7 Å². The Hall–Kier alpha value is -1.02. The van der Waals surface area contributed by atoms with E-state index in [2.05, 4.69) is 24.4 Å². The van der Waals surface area contributed by atoms with Crippen LogP contribution in [0.4, 0.5) is 0 Å². The van der Waals surface area contributed by atoms with Gasteiger partial charge in [0, 0.05) is 11.6 Å². The van der Waals surface area contributed by atoms with E-state index in [1.54, 1.807) is 7.11 Å². The minimum Gasteiger partial charge on any atom is -0.496 e. The zero-order chi connectivity index (χ0) is 10.7. The lowest BCUT2D eigenvalue weighted by atomic mass is 9.92. The van der Waals surface area contributed by atoms with Crippen molar-refractivity contribution in [1.29, 1.82) is 0 Å². The minimum absolute atomic E-state index is 0.470. The van der Waals surface area contributed by atoms with Crippen LogP contribution in [0.2, 0.25) is 0 Å². The molecule has 0 unspecified atom stereocenters. The third-order valence-electron chi connectivity index (χ3n) is 3.18. The third-order valence-corrected chi connectivity index (χ3v) is 3.18. The number of rotatable bonds is 2. The number of hydrogen-bond donors (Lipinski definition) is 1. The summed E-state index contributed by atoms with van der Waals surface area (Å²) in [7, 11) is 1.74. The van der Waals surface area contributed by atoms with E-state index in [9.17, 15) is 0 Å². The highest BCUT2D eigenvalue weighted by Gasteiger charge is 2.20. The highest BCUT2D eigenvalue weighted by molar-refractivity contribution is 5.36. The molecule has 1 saturated heterocycles. The van der Waals surface area contributed by atoms with Crippen LogP contribution >= 0.6 is 0 Å². The number of para-hydroxylation sites is 1. The Kier molecular flexibility index (Phi) is 3.27. The number of benzene rings is 1. The normalized spacial score (nSPS) is 26.3. The molecule has 2 heteroatoms. The minimum atomic E-state index is 0.470. The zero-order valence-corrected chi connectivity index (χ0v) is 9.49. The highest BCUT2D eigenvalue weighted by atomic mass is 16.5. The van der Waals surface area contributed by atoms with E-state index < -0.39 is 0 Å². The maximum atomic E-state index is 5.39. The van der Waals surface area contributed by atoms with Crippen LogP contribution < -0.4 is 10.1 Å². The summed E-state index contributed by atoms with van der Waals surface area (Å²) in [6.45, 7) is 3.41. The van der Waals surface area contributed by atoms with Crippen molar-refractivity contribution < 1.29 is 4.74 Å². The third kappa shape index (κ3) is 2.32. The molecule has 1 fully saturated rings. The van der Waals surface area contributed by atoms with Gasteiger partial charge in [0.25, 0.3) is 0 Å². The molecule has 0 amide bonds. The summed E-state index contributed by atoms with van der Waals surface area (Å²) in [5, 5.41) is 3.58. The summed E-state index contributed by atoms with van der Waals surface area (Å²) in [6.07, 6.45) is 2.51. The Labute approximate surface area is 91.6 Å². The number of piperidine rings is 1. The van der Waals surface area contributed by atoms with Crippen LogP contribution in [0, 0.1) is 5.92 Å². The fraction of sp³-hybridized carbons (Fsp3) is 0.538. The van der Waals surface area contributed by atoms with Gasteiger partial charge in [-0.3, -0.25) is 0 Å². The van der Waals surface area contributed by atoms with Crippen LogP contribution in [-0.2, 0) is 0 Å². The lowest BCUT2D eigenvalue weighted by Gasteiger charge is -2.29.